The van der Waals surface area contributed by atoms with E-state index < -0.39 is 17.4 Å². The molecule has 4 heteroatoms. The molecule has 0 saturated carbocycles. The van der Waals surface area contributed by atoms with Crippen molar-refractivity contribution in [3.8, 4) is 0 Å². The van der Waals surface area contributed by atoms with E-state index in [1.165, 1.54) is 0 Å². The largest absolute Gasteiger partial charge is 0.480 e. The Morgan fingerprint density at radius 2 is 1.09 bits per heavy atom. The van der Waals surface area contributed by atoms with Gasteiger partial charge in [0.15, 0.2) is 0 Å². The predicted octanol–water partition coefficient (Wildman–Crippen LogP) is 5.69. The molecule has 0 aromatic heterocycles. The Bertz CT molecular complexity index is 1170. The van der Waals surface area contributed by atoms with E-state index in [1.54, 1.807) is 6.08 Å². The van der Waals surface area contributed by atoms with Crippen molar-refractivity contribution in [1.29, 1.82) is 0 Å². The van der Waals surface area contributed by atoms with Crippen LogP contribution >= 0.6 is 0 Å². The van der Waals surface area contributed by atoms with Crippen LogP contribution in [-0.2, 0) is 15.0 Å². The molecule has 1 amide bonds. The van der Waals surface area contributed by atoms with Crippen LogP contribution in [0.25, 0.3) is 6.08 Å². The standard InChI is InChI=1S/C31H27NO3/c33-29(34)28(23-13-16-24-14-5-1-6-15-24)32-30(35)31(25-17-7-2-8-18-25,26-19-9-3-10-20-26)27-21-11-4-12-22-27/h1-22,28H,23H2,(H,32,35)(H,33,34)/b16-13+/t28-/m0/s1. The maximum Gasteiger partial charge on any atom is 0.326 e. The molecule has 0 radical (unpaired) electrons. The molecule has 0 aliphatic carbocycles. The molecule has 35 heavy (non-hydrogen) atoms. The van der Waals surface area contributed by atoms with E-state index in [0.29, 0.717) is 0 Å². The van der Waals surface area contributed by atoms with Crippen LogP contribution in [0, 0.1) is 0 Å². The molecule has 0 spiro atoms. The summed E-state index contributed by atoms with van der Waals surface area (Å²) in [5.41, 5.74) is 2.03. The second-order valence-corrected chi connectivity index (χ2v) is 8.26. The molecule has 4 aromatic carbocycles. The first-order valence-corrected chi connectivity index (χ1v) is 11.5. The van der Waals surface area contributed by atoms with E-state index >= 15 is 0 Å². The molecule has 4 aromatic rings. The number of carboxylic acid groups (broad SMARTS) is 1. The number of carbonyl (C=O) groups is 2. The van der Waals surface area contributed by atoms with Crippen LogP contribution < -0.4 is 5.32 Å². The van der Waals surface area contributed by atoms with Crippen molar-refractivity contribution in [2.45, 2.75) is 17.9 Å². The first-order chi connectivity index (χ1) is 17.1. The van der Waals surface area contributed by atoms with E-state index in [2.05, 4.69) is 5.32 Å². The van der Waals surface area contributed by atoms with Gasteiger partial charge < -0.3 is 10.4 Å². The maximum atomic E-state index is 14.2. The molecule has 174 valence electrons. The molecule has 2 N–H and O–H groups in total. The summed E-state index contributed by atoms with van der Waals surface area (Å²) in [5.74, 6) is -1.47. The number of aliphatic carboxylic acids is 1. The average Bonchev–Trinajstić information content (AvgIpc) is 2.91. The zero-order valence-electron chi connectivity index (χ0n) is 19.2. The number of hydrogen-bond donors (Lipinski definition) is 2. The summed E-state index contributed by atoms with van der Waals surface area (Å²) in [6.07, 6.45) is 3.80. The van der Waals surface area contributed by atoms with Crippen LogP contribution in [0.5, 0.6) is 0 Å². The van der Waals surface area contributed by atoms with Crippen molar-refractivity contribution in [3.05, 3.63) is 150 Å². The highest BCUT2D eigenvalue weighted by Crippen LogP contribution is 2.39. The highest BCUT2D eigenvalue weighted by molar-refractivity contribution is 5.98. The summed E-state index contributed by atoms with van der Waals surface area (Å²) in [7, 11) is 0. The average molecular weight is 462 g/mol. The lowest BCUT2D eigenvalue weighted by atomic mass is 9.68. The van der Waals surface area contributed by atoms with Crippen LogP contribution in [0.2, 0.25) is 0 Å². The molecule has 4 rings (SSSR count). The lowest BCUT2D eigenvalue weighted by Crippen LogP contribution is -2.51. The molecule has 0 aliphatic rings. The fourth-order valence-corrected chi connectivity index (χ4v) is 4.35. The number of hydrogen-bond acceptors (Lipinski definition) is 2. The van der Waals surface area contributed by atoms with E-state index in [-0.39, 0.29) is 12.3 Å². The van der Waals surface area contributed by atoms with Crippen LogP contribution in [0.3, 0.4) is 0 Å². The summed E-state index contributed by atoms with van der Waals surface area (Å²) in [6.45, 7) is 0. The van der Waals surface area contributed by atoms with Crippen LogP contribution in [0.4, 0.5) is 0 Å². The normalized spacial score (nSPS) is 12.2. The van der Waals surface area contributed by atoms with Gasteiger partial charge in [-0.1, -0.05) is 133 Å². The van der Waals surface area contributed by atoms with Crippen molar-refractivity contribution < 1.29 is 14.7 Å². The van der Waals surface area contributed by atoms with E-state index in [0.717, 1.165) is 22.3 Å². The van der Waals surface area contributed by atoms with Crippen molar-refractivity contribution in [3.63, 3.8) is 0 Å². The number of benzene rings is 4. The molecule has 0 bridgehead atoms. The first-order valence-electron chi connectivity index (χ1n) is 11.5. The van der Waals surface area contributed by atoms with Gasteiger partial charge in [-0.2, -0.15) is 0 Å². The van der Waals surface area contributed by atoms with Crippen LogP contribution in [0.1, 0.15) is 28.7 Å². The minimum absolute atomic E-state index is 0.157. The summed E-state index contributed by atoms with van der Waals surface area (Å²) >= 11 is 0. The second-order valence-electron chi connectivity index (χ2n) is 8.26. The number of nitrogens with one attached hydrogen (secondary N) is 1. The molecule has 0 saturated heterocycles. The monoisotopic (exact) mass is 461 g/mol. The minimum Gasteiger partial charge on any atom is -0.480 e. The molecule has 0 fully saturated rings. The maximum absolute atomic E-state index is 14.2. The zero-order valence-corrected chi connectivity index (χ0v) is 19.2. The van der Waals surface area contributed by atoms with Gasteiger partial charge in [0.05, 0.1) is 0 Å². The lowest BCUT2D eigenvalue weighted by Gasteiger charge is -2.35. The predicted molar refractivity (Wildman–Crippen MR) is 139 cm³/mol. The number of carbonyl (C=O) groups excluding carboxylic acids is 1. The Kier molecular flexibility index (Phi) is 7.53. The molecule has 1 atom stereocenters. The third-order valence-corrected chi connectivity index (χ3v) is 6.05. The Labute approximate surface area is 205 Å². The lowest BCUT2D eigenvalue weighted by molar-refractivity contribution is -0.142. The van der Waals surface area contributed by atoms with Gasteiger partial charge in [-0.25, -0.2) is 4.79 Å². The van der Waals surface area contributed by atoms with Crippen molar-refractivity contribution in [1.82, 2.24) is 5.32 Å². The SMILES string of the molecule is O=C(O)[C@H](C/C=C/c1ccccc1)NC(=O)C(c1ccccc1)(c1ccccc1)c1ccccc1. The topological polar surface area (TPSA) is 66.4 Å². The zero-order chi connectivity index (χ0) is 24.5. The summed E-state index contributed by atoms with van der Waals surface area (Å²) < 4.78 is 0. The third kappa shape index (κ3) is 5.22. The highest BCUT2D eigenvalue weighted by atomic mass is 16.4. The Morgan fingerprint density at radius 3 is 1.49 bits per heavy atom. The van der Waals surface area contributed by atoms with Crippen LogP contribution in [-0.4, -0.2) is 23.0 Å². The minimum atomic E-state index is -1.22. The second kappa shape index (κ2) is 11.1. The molecule has 0 aliphatic heterocycles. The summed E-state index contributed by atoms with van der Waals surface area (Å²) in [5, 5.41) is 12.8. The Hall–Kier alpha value is -4.44. The van der Waals surface area contributed by atoms with Gasteiger partial charge in [-0.05, 0) is 28.7 Å². The van der Waals surface area contributed by atoms with E-state index in [4.69, 9.17) is 0 Å². The van der Waals surface area contributed by atoms with Gasteiger partial charge >= 0.3 is 5.97 Å². The Balaban J connectivity index is 1.76. The van der Waals surface area contributed by atoms with E-state index in [9.17, 15) is 14.7 Å². The quantitative estimate of drug-likeness (QED) is 0.315. The van der Waals surface area contributed by atoms with E-state index in [1.807, 2.05) is 127 Å². The summed E-state index contributed by atoms with van der Waals surface area (Å²) in [4.78, 5) is 26.4. The van der Waals surface area contributed by atoms with Crippen molar-refractivity contribution >= 4 is 18.0 Å². The fraction of sp³-hybridized carbons (Fsp3) is 0.0968. The van der Waals surface area contributed by atoms with Crippen molar-refractivity contribution in [2.24, 2.45) is 0 Å². The van der Waals surface area contributed by atoms with Gasteiger partial charge in [-0.15, -0.1) is 0 Å². The molecule has 0 heterocycles. The number of carboxylic acids is 1. The molecular weight excluding hydrogens is 434 g/mol. The molecular formula is C31H27NO3. The van der Waals surface area contributed by atoms with Gasteiger partial charge in [0.1, 0.15) is 11.5 Å². The van der Waals surface area contributed by atoms with Gasteiger partial charge in [0.25, 0.3) is 0 Å². The summed E-state index contributed by atoms with van der Waals surface area (Å²) in [6, 6.07) is 37.0. The first kappa shape index (κ1) is 23.7. The molecule has 0 unspecified atom stereocenters. The third-order valence-electron chi connectivity index (χ3n) is 6.05. The van der Waals surface area contributed by atoms with Crippen molar-refractivity contribution in [2.75, 3.05) is 0 Å². The van der Waals surface area contributed by atoms with Crippen LogP contribution in [0.15, 0.2) is 127 Å². The fourth-order valence-electron chi connectivity index (χ4n) is 4.35. The Morgan fingerprint density at radius 1 is 0.686 bits per heavy atom. The number of rotatable bonds is 9. The molecule has 4 nitrogen and oxygen atoms in total. The smallest absolute Gasteiger partial charge is 0.326 e. The highest BCUT2D eigenvalue weighted by Gasteiger charge is 2.44. The van der Waals surface area contributed by atoms with Gasteiger partial charge in [0, 0.05) is 0 Å². The van der Waals surface area contributed by atoms with Gasteiger partial charge in [-0.3, -0.25) is 4.79 Å². The van der Waals surface area contributed by atoms with Gasteiger partial charge in [0.2, 0.25) is 5.91 Å². The number of amides is 1.